The van der Waals surface area contributed by atoms with Crippen LogP contribution in [-0.4, -0.2) is 11.7 Å². The first-order valence-corrected chi connectivity index (χ1v) is 2.71. The van der Waals surface area contributed by atoms with Crippen molar-refractivity contribution >= 4 is 17.3 Å². The predicted octanol–water partition coefficient (Wildman–Crippen LogP) is -2.65. The van der Waals surface area contributed by atoms with Crippen LogP contribution in [0.1, 0.15) is 14.8 Å². The largest absolute Gasteiger partial charge is 1.00 e. The van der Waals surface area contributed by atoms with Crippen LogP contribution in [-0.2, 0) is 0 Å². The Bertz CT molecular complexity index is 71.6. The third kappa shape index (κ3) is 9.85. The fourth-order valence-electron chi connectivity index (χ4n) is 0.248. The maximum Gasteiger partial charge on any atom is 1.00 e. The van der Waals surface area contributed by atoms with Gasteiger partial charge in [-0.1, -0.05) is 6.92 Å². The zero-order chi connectivity index (χ0) is 5.70. The average Bonchev–Trinajstić information content (AvgIpc) is 1.61. The second-order valence-corrected chi connectivity index (χ2v) is 1.73. The van der Waals surface area contributed by atoms with E-state index >= 15 is 0 Å². The van der Waals surface area contributed by atoms with Gasteiger partial charge in [-0.3, -0.25) is 0 Å². The van der Waals surface area contributed by atoms with Gasteiger partial charge < -0.3 is 12.5 Å². The first-order chi connectivity index (χ1) is 3.27. The van der Waals surface area contributed by atoms with E-state index in [9.17, 15) is 0 Å². The van der Waals surface area contributed by atoms with E-state index < -0.39 is 0 Å². The number of rotatable bonds is 2. The Morgan fingerprint density at radius 2 is 2.38 bits per heavy atom. The molecule has 0 heterocycles. The van der Waals surface area contributed by atoms with Crippen LogP contribution in [0.25, 0.3) is 0 Å². The van der Waals surface area contributed by atoms with Gasteiger partial charge in [-0.2, -0.15) is 0 Å². The topological polar surface area (TPSA) is 38.0 Å². The van der Waals surface area contributed by atoms with Gasteiger partial charge in [0.25, 0.3) is 0 Å². The van der Waals surface area contributed by atoms with Gasteiger partial charge in [0.1, 0.15) is 0 Å². The third-order valence-electron chi connectivity index (χ3n) is 0.549. The van der Waals surface area contributed by atoms with Gasteiger partial charge in [-0.05, 0) is 18.6 Å². The van der Waals surface area contributed by atoms with Crippen molar-refractivity contribution < 1.29 is 31.0 Å². The van der Waals surface area contributed by atoms with E-state index in [2.05, 4.69) is 24.5 Å². The van der Waals surface area contributed by atoms with Crippen LogP contribution < -0.4 is 40.6 Å². The van der Waals surface area contributed by atoms with E-state index in [4.69, 9.17) is 5.73 Å². The van der Waals surface area contributed by atoms with Gasteiger partial charge in [0.15, 0.2) is 5.11 Å². The Labute approximate surface area is 79.0 Å². The van der Waals surface area contributed by atoms with Gasteiger partial charge >= 0.3 is 29.6 Å². The van der Waals surface area contributed by atoms with Crippen LogP contribution in [0.2, 0.25) is 0 Å². The number of nitrogens with one attached hydrogen (secondary N) is 1. The Morgan fingerprint density at radius 1 is 1.88 bits per heavy atom. The van der Waals surface area contributed by atoms with E-state index in [1.165, 1.54) is 0 Å². The summed E-state index contributed by atoms with van der Waals surface area (Å²) >= 11 is 4.53. The molecule has 0 spiro atoms. The number of thiocarbonyl (C=S) groups is 1. The molecular formula is C4H11N2NaS. The van der Waals surface area contributed by atoms with Crippen molar-refractivity contribution in [1.82, 2.24) is 5.32 Å². The van der Waals surface area contributed by atoms with Crippen molar-refractivity contribution in [1.29, 1.82) is 0 Å². The van der Waals surface area contributed by atoms with Crippen molar-refractivity contribution in [2.75, 3.05) is 6.54 Å². The van der Waals surface area contributed by atoms with Crippen molar-refractivity contribution in [2.24, 2.45) is 5.73 Å². The van der Waals surface area contributed by atoms with Crippen LogP contribution >= 0.6 is 12.2 Å². The van der Waals surface area contributed by atoms with Crippen LogP contribution in [0.4, 0.5) is 0 Å². The molecule has 0 atom stereocenters. The molecule has 0 aromatic rings. The van der Waals surface area contributed by atoms with Gasteiger partial charge in [-0.15, -0.1) is 0 Å². The summed E-state index contributed by atoms with van der Waals surface area (Å²) in [5.41, 5.74) is 5.10. The minimum absolute atomic E-state index is 0. The maximum atomic E-state index is 5.10. The number of hydrogen-bond donors (Lipinski definition) is 2. The molecule has 0 radical (unpaired) electrons. The van der Waals surface area contributed by atoms with Crippen LogP contribution in [0.15, 0.2) is 0 Å². The summed E-state index contributed by atoms with van der Waals surface area (Å²) < 4.78 is 0. The predicted molar refractivity (Wildman–Crippen MR) is 36.2 cm³/mol. The molecule has 0 aliphatic heterocycles. The van der Waals surface area contributed by atoms with E-state index in [1.54, 1.807) is 0 Å². The Balaban J connectivity index is -0.000000180. The van der Waals surface area contributed by atoms with E-state index in [1.807, 2.05) is 0 Å². The molecule has 0 aromatic heterocycles. The Hall–Kier alpha value is 0.690. The van der Waals surface area contributed by atoms with Crippen LogP contribution in [0.5, 0.6) is 0 Å². The number of nitrogens with two attached hydrogens (primary N) is 1. The molecule has 0 saturated heterocycles. The molecule has 0 aliphatic carbocycles. The Morgan fingerprint density at radius 3 is 2.50 bits per heavy atom. The monoisotopic (exact) mass is 142 g/mol. The van der Waals surface area contributed by atoms with Crippen LogP contribution in [0, 0.1) is 0 Å². The van der Waals surface area contributed by atoms with Crippen molar-refractivity contribution in [3.8, 4) is 0 Å². The molecule has 0 unspecified atom stereocenters. The fourth-order valence-corrected chi connectivity index (χ4v) is 0.350. The fraction of sp³-hybridized carbons (Fsp3) is 0.750. The molecule has 44 valence electrons. The second kappa shape index (κ2) is 7.69. The molecule has 0 bridgehead atoms. The molecule has 0 aromatic carbocycles. The van der Waals surface area contributed by atoms with Gasteiger partial charge in [-0.25, -0.2) is 0 Å². The van der Waals surface area contributed by atoms with Crippen molar-refractivity contribution in [3.05, 3.63) is 0 Å². The van der Waals surface area contributed by atoms with Gasteiger partial charge in [0.2, 0.25) is 0 Å². The second-order valence-electron chi connectivity index (χ2n) is 1.29. The molecule has 0 amide bonds. The molecule has 2 nitrogen and oxygen atoms in total. The smallest absolute Gasteiger partial charge is 1.00 e. The van der Waals surface area contributed by atoms with Gasteiger partial charge in [0.05, 0.1) is 0 Å². The van der Waals surface area contributed by atoms with Crippen molar-refractivity contribution in [3.63, 3.8) is 0 Å². The molecule has 4 heteroatoms. The SMILES string of the molecule is CCCNC(N)=S.[H-].[Na+]. The van der Waals surface area contributed by atoms with Crippen LogP contribution in [0.3, 0.4) is 0 Å². The molecule has 0 rings (SSSR count). The van der Waals surface area contributed by atoms with E-state index in [0.29, 0.717) is 5.11 Å². The molecular weight excluding hydrogens is 131 g/mol. The summed E-state index contributed by atoms with van der Waals surface area (Å²) in [7, 11) is 0. The normalized spacial score (nSPS) is 7.12. The minimum atomic E-state index is 0. The van der Waals surface area contributed by atoms with Gasteiger partial charge in [0, 0.05) is 6.54 Å². The number of hydrogen-bond acceptors (Lipinski definition) is 1. The summed E-state index contributed by atoms with van der Waals surface area (Å²) in [6.07, 6.45) is 1.07. The average molecular weight is 142 g/mol. The zero-order valence-corrected chi connectivity index (χ0v) is 8.22. The summed E-state index contributed by atoms with van der Waals surface area (Å²) in [5, 5.41) is 3.20. The molecule has 8 heavy (non-hydrogen) atoms. The quantitative estimate of drug-likeness (QED) is 0.327. The molecule has 0 fully saturated rings. The van der Waals surface area contributed by atoms with Crippen molar-refractivity contribution in [2.45, 2.75) is 13.3 Å². The molecule has 3 N–H and O–H groups in total. The molecule has 0 aliphatic rings. The van der Waals surface area contributed by atoms with E-state index in [0.717, 1.165) is 13.0 Å². The summed E-state index contributed by atoms with van der Waals surface area (Å²) in [6.45, 7) is 2.95. The summed E-state index contributed by atoms with van der Waals surface area (Å²) in [6, 6.07) is 0. The minimum Gasteiger partial charge on any atom is -1.00 e. The summed E-state index contributed by atoms with van der Waals surface area (Å²) in [5.74, 6) is 0. The third-order valence-corrected chi connectivity index (χ3v) is 0.694. The van der Waals surface area contributed by atoms with E-state index in [-0.39, 0.29) is 31.0 Å². The summed E-state index contributed by atoms with van der Waals surface area (Å²) in [4.78, 5) is 0. The Kier molecular flexibility index (Phi) is 11.0. The zero-order valence-electron chi connectivity index (χ0n) is 6.40. The maximum absolute atomic E-state index is 5.10. The first kappa shape index (κ1) is 11.5. The standard InChI is InChI=1S/C4H10N2S.Na.H/c1-2-3-6-4(5)7;;/h2-3H2,1H3,(H3,5,6,7);;/q;+1;-1. The first-order valence-electron chi connectivity index (χ1n) is 2.30. The molecule has 0 saturated carbocycles.